The van der Waals surface area contributed by atoms with Gasteiger partial charge in [0.15, 0.2) is 0 Å². The first-order valence-electron chi connectivity index (χ1n) is 14.9. The molecule has 0 radical (unpaired) electrons. The van der Waals surface area contributed by atoms with Crippen molar-refractivity contribution in [2.45, 2.75) is 129 Å². The van der Waals surface area contributed by atoms with E-state index >= 15 is 0 Å². The molecule has 2 rings (SSSR count). The molecule has 2 aromatic rings. The fraction of sp³-hybridized carbons (Fsp3) is 0.606. The quantitative estimate of drug-likeness (QED) is 0.114. The fourth-order valence-corrected chi connectivity index (χ4v) is 19.0. The molecule has 0 amide bonds. The molecule has 2 nitrogen and oxygen atoms in total. The molecule has 0 saturated heterocycles. The normalized spacial score (nSPS) is 12.9. The Balaban J connectivity index is 1.71. The van der Waals surface area contributed by atoms with Gasteiger partial charge < -0.3 is 4.74 Å². The molecular weight excluding hydrogens is 485 g/mol. The molecule has 0 aliphatic heterocycles. The summed E-state index contributed by atoms with van der Waals surface area (Å²) in [7, 11) is -1.95. The highest BCUT2D eigenvalue weighted by molar-refractivity contribution is 6.94. The SMILES string of the molecule is CCCCCC[C@H](C)OC(=O)c1ccc(CCc2ccc(CCCC[Si](C)(C)C[Si](C)(C)C)cc2)cc1. The van der Waals surface area contributed by atoms with Gasteiger partial charge in [0.05, 0.1) is 11.7 Å². The zero-order chi connectivity index (χ0) is 27.3. The first-order chi connectivity index (χ1) is 17.5. The van der Waals surface area contributed by atoms with Gasteiger partial charge in [-0.1, -0.05) is 113 Å². The molecule has 0 unspecified atom stereocenters. The molecule has 2 aromatic carbocycles. The van der Waals surface area contributed by atoms with Gasteiger partial charge in [0, 0.05) is 16.1 Å². The molecule has 0 aliphatic rings. The monoisotopic (exact) mass is 538 g/mol. The van der Waals surface area contributed by atoms with Gasteiger partial charge in [-0.2, -0.15) is 0 Å². The van der Waals surface area contributed by atoms with E-state index in [4.69, 9.17) is 4.74 Å². The number of esters is 1. The molecule has 0 aliphatic carbocycles. The van der Waals surface area contributed by atoms with Gasteiger partial charge in [0.2, 0.25) is 0 Å². The van der Waals surface area contributed by atoms with Gasteiger partial charge >= 0.3 is 5.97 Å². The number of unbranched alkanes of at least 4 members (excludes halogenated alkanes) is 4. The second-order valence-corrected chi connectivity index (χ2v) is 24.6. The Bertz CT molecular complexity index is 911. The lowest BCUT2D eigenvalue weighted by atomic mass is 10.0. The van der Waals surface area contributed by atoms with Gasteiger partial charge in [-0.15, -0.1) is 0 Å². The summed E-state index contributed by atoms with van der Waals surface area (Å²) in [6, 6.07) is 18.7. The van der Waals surface area contributed by atoms with E-state index < -0.39 is 16.1 Å². The van der Waals surface area contributed by atoms with Crippen LogP contribution in [0, 0.1) is 0 Å². The second-order valence-electron chi connectivity index (χ2n) is 13.2. The Morgan fingerprint density at radius 1 is 0.730 bits per heavy atom. The maximum Gasteiger partial charge on any atom is 0.338 e. The van der Waals surface area contributed by atoms with Crippen LogP contribution >= 0.6 is 0 Å². The number of ether oxygens (including phenoxy) is 1. The molecule has 0 N–H and O–H groups in total. The number of benzene rings is 2. The van der Waals surface area contributed by atoms with Crippen molar-refractivity contribution in [2.75, 3.05) is 0 Å². The van der Waals surface area contributed by atoms with Crippen LogP contribution in [0.25, 0.3) is 0 Å². The van der Waals surface area contributed by atoms with E-state index in [0.29, 0.717) is 5.56 Å². The summed E-state index contributed by atoms with van der Waals surface area (Å²) in [5, 5.41) is 0. The molecule has 206 valence electrons. The molecule has 0 fully saturated rings. The number of aryl methyl sites for hydroxylation is 3. The molecule has 0 aromatic heterocycles. The summed E-state index contributed by atoms with van der Waals surface area (Å²) in [5.74, 6) is -0.202. The van der Waals surface area contributed by atoms with Crippen LogP contribution in [0.5, 0.6) is 0 Å². The third-order valence-electron chi connectivity index (χ3n) is 7.27. The number of carbonyl (C=O) groups excluding carboxylic acids is 1. The standard InChI is InChI=1S/C33H54O2Si2/c1-8-9-10-11-14-28(2)35-33(34)32-24-22-31(23-25-32)21-20-30-18-16-29(17-19-30)15-12-13-26-37(6,7)27-36(3,4)5/h16-19,22-25,28H,8-15,20-21,26-27H2,1-7H3/t28-/m0/s1. The lowest BCUT2D eigenvalue weighted by Gasteiger charge is -2.29. The summed E-state index contributed by atoms with van der Waals surface area (Å²) >= 11 is 0. The third kappa shape index (κ3) is 13.6. The summed E-state index contributed by atoms with van der Waals surface area (Å²) in [4.78, 5) is 12.4. The lowest BCUT2D eigenvalue weighted by molar-refractivity contribution is 0.0319. The number of rotatable bonds is 17. The average Bonchev–Trinajstić information content (AvgIpc) is 2.83. The third-order valence-corrected chi connectivity index (χ3v) is 17.0. The topological polar surface area (TPSA) is 26.3 Å². The minimum Gasteiger partial charge on any atom is -0.459 e. The molecule has 0 saturated carbocycles. The highest BCUT2D eigenvalue weighted by Gasteiger charge is 2.27. The van der Waals surface area contributed by atoms with E-state index in [0.717, 1.165) is 25.7 Å². The van der Waals surface area contributed by atoms with Crippen LogP contribution in [0.4, 0.5) is 0 Å². The van der Waals surface area contributed by atoms with Crippen molar-refractivity contribution in [3.05, 3.63) is 70.8 Å². The number of hydrogen-bond donors (Lipinski definition) is 0. The smallest absolute Gasteiger partial charge is 0.338 e. The van der Waals surface area contributed by atoms with E-state index in [1.54, 1.807) is 5.67 Å². The van der Waals surface area contributed by atoms with Gasteiger partial charge in [-0.25, -0.2) is 4.79 Å². The van der Waals surface area contributed by atoms with Crippen LogP contribution in [0.2, 0.25) is 44.4 Å². The van der Waals surface area contributed by atoms with Gasteiger partial charge in [-0.3, -0.25) is 0 Å². The fourth-order valence-electron chi connectivity index (χ4n) is 5.59. The van der Waals surface area contributed by atoms with Crippen LogP contribution in [-0.4, -0.2) is 28.2 Å². The van der Waals surface area contributed by atoms with Crippen molar-refractivity contribution < 1.29 is 9.53 Å². The van der Waals surface area contributed by atoms with E-state index in [9.17, 15) is 4.79 Å². The number of hydrogen-bond acceptors (Lipinski definition) is 2. The van der Waals surface area contributed by atoms with E-state index in [1.807, 2.05) is 19.1 Å². The predicted octanol–water partition coefficient (Wildman–Crippen LogP) is 9.90. The lowest BCUT2D eigenvalue weighted by Crippen LogP contribution is -2.37. The Hall–Kier alpha value is -1.66. The second kappa shape index (κ2) is 15.7. The highest BCUT2D eigenvalue weighted by atomic mass is 28.4. The largest absolute Gasteiger partial charge is 0.459 e. The minimum atomic E-state index is -1.02. The molecule has 4 heteroatoms. The van der Waals surface area contributed by atoms with Crippen LogP contribution in [0.15, 0.2) is 48.5 Å². The summed E-state index contributed by atoms with van der Waals surface area (Å²) in [6.07, 6.45) is 11.7. The Kier molecular flexibility index (Phi) is 13.4. The van der Waals surface area contributed by atoms with Crippen molar-refractivity contribution in [1.82, 2.24) is 0 Å². The molecule has 37 heavy (non-hydrogen) atoms. The van der Waals surface area contributed by atoms with Crippen molar-refractivity contribution >= 4 is 22.1 Å². The predicted molar refractivity (Wildman–Crippen MR) is 167 cm³/mol. The highest BCUT2D eigenvalue weighted by Crippen LogP contribution is 2.25. The molecule has 0 heterocycles. The van der Waals surface area contributed by atoms with Crippen molar-refractivity contribution in [3.63, 3.8) is 0 Å². The van der Waals surface area contributed by atoms with E-state index in [1.165, 1.54) is 61.3 Å². The van der Waals surface area contributed by atoms with Gasteiger partial charge in [-0.05, 0) is 74.3 Å². The maximum absolute atomic E-state index is 12.4. The first kappa shape index (κ1) is 31.6. The molecule has 0 bridgehead atoms. The summed E-state index contributed by atoms with van der Waals surface area (Å²) < 4.78 is 5.63. The molecule has 0 spiro atoms. The van der Waals surface area contributed by atoms with E-state index in [-0.39, 0.29) is 12.1 Å². The number of carbonyl (C=O) groups is 1. The van der Waals surface area contributed by atoms with Crippen LogP contribution < -0.4 is 0 Å². The van der Waals surface area contributed by atoms with Crippen molar-refractivity contribution in [2.24, 2.45) is 0 Å². The maximum atomic E-state index is 12.4. The van der Waals surface area contributed by atoms with Crippen LogP contribution in [0.3, 0.4) is 0 Å². The van der Waals surface area contributed by atoms with E-state index in [2.05, 4.69) is 76.1 Å². The zero-order valence-electron chi connectivity index (χ0n) is 25.0. The first-order valence-corrected chi connectivity index (χ1v) is 22.0. The Morgan fingerprint density at radius 2 is 1.27 bits per heavy atom. The minimum absolute atomic E-state index is 0.0179. The summed E-state index contributed by atoms with van der Waals surface area (Å²) in [5.41, 5.74) is 6.32. The van der Waals surface area contributed by atoms with Crippen LogP contribution in [0.1, 0.15) is 85.8 Å². The van der Waals surface area contributed by atoms with Crippen LogP contribution in [-0.2, 0) is 24.0 Å². The molecule has 1 atom stereocenters. The van der Waals surface area contributed by atoms with Gasteiger partial charge in [0.1, 0.15) is 0 Å². The molecular formula is C33H54O2Si2. The average molecular weight is 539 g/mol. The zero-order valence-corrected chi connectivity index (χ0v) is 27.0. The Morgan fingerprint density at radius 3 is 1.81 bits per heavy atom. The Labute approximate surface area is 230 Å². The van der Waals surface area contributed by atoms with Crippen molar-refractivity contribution in [1.29, 1.82) is 0 Å². The summed E-state index contributed by atoms with van der Waals surface area (Å²) in [6.45, 7) is 17.0. The van der Waals surface area contributed by atoms with Crippen molar-refractivity contribution in [3.8, 4) is 0 Å². The van der Waals surface area contributed by atoms with Gasteiger partial charge in [0.25, 0.3) is 0 Å².